The third-order valence-electron chi connectivity index (χ3n) is 3.94. The molecule has 2 rings (SSSR count). The topological polar surface area (TPSA) is 67.3 Å². The Balaban J connectivity index is 2.03. The van der Waals surface area contributed by atoms with Crippen LogP contribution in [0.5, 0.6) is 0 Å². The van der Waals surface area contributed by atoms with Crippen LogP contribution in [0.2, 0.25) is 0 Å². The summed E-state index contributed by atoms with van der Waals surface area (Å²) < 4.78 is 1.79. The molecular weight excluding hydrogens is 228 g/mol. The molecule has 18 heavy (non-hydrogen) atoms. The highest BCUT2D eigenvalue weighted by Gasteiger charge is 2.34. The van der Waals surface area contributed by atoms with Crippen molar-refractivity contribution in [3.63, 3.8) is 0 Å². The molecule has 1 aromatic heterocycles. The van der Waals surface area contributed by atoms with Crippen LogP contribution in [0.4, 0.5) is 0 Å². The third-order valence-corrected chi connectivity index (χ3v) is 3.94. The smallest absolute Gasteiger partial charge is 0.0774 e. The van der Waals surface area contributed by atoms with E-state index in [9.17, 15) is 5.11 Å². The Labute approximate surface area is 109 Å². The van der Waals surface area contributed by atoms with Gasteiger partial charge in [-0.05, 0) is 19.9 Å². The minimum Gasteiger partial charge on any atom is -0.389 e. The van der Waals surface area contributed by atoms with E-state index in [0.29, 0.717) is 13.1 Å². The molecule has 0 radical (unpaired) electrons. The molecule has 3 N–H and O–H groups in total. The number of hydrogen-bond donors (Lipinski definition) is 2. The SMILES string of the molecule is CN(CC1(O)CCCC1)C(CN)c1cnn(C)c1. The standard InChI is InChI=1S/C13H24N4O/c1-16(10-13(18)5-3-4-6-13)12(7-14)11-8-15-17(2)9-11/h8-9,12,18H,3-7,10,14H2,1-2H3. The largest absolute Gasteiger partial charge is 0.389 e. The summed E-state index contributed by atoms with van der Waals surface area (Å²) in [5.41, 5.74) is 6.46. The van der Waals surface area contributed by atoms with Gasteiger partial charge >= 0.3 is 0 Å². The van der Waals surface area contributed by atoms with Crippen LogP contribution in [0.25, 0.3) is 0 Å². The lowest BCUT2D eigenvalue weighted by atomic mass is 10.00. The molecule has 102 valence electrons. The zero-order valence-corrected chi connectivity index (χ0v) is 11.3. The Morgan fingerprint density at radius 2 is 2.22 bits per heavy atom. The van der Waals surface area contributed by atoms with Crippen LogP contribution in [0.15, 0.2) is 12.4 Å². The Morgan fingerprint density at radius 3 is 2.72 bits per heavy atom. The van der Waals surface area contributed by atoms with Crippen LogP contribution in [-0.2, 0) is 7.05 Å². The molecule has 0 aromatic carbocycles. The summed E-state index contributed by atoms with van der Waals surface area (Å²) >= 11 is 0. The van der Waals surface area contributed by atoms with Crippen molar-refractivity contribution in [3.8, 4) is 0 Å². The molecule has 0 bridgehead atoms. The fraction of sp³-hybridized carbons (Fsp3) is 0.769. The van der Waals surface area contributed by atoms with Crippen molar-refractivity contribution in [3.05, 3.63) is 18.0 Å². The molecule has 1 unspecified atom stereocenters. The fourth-order valence-electron chi connectivity index (χ4n) is 2.95. The Kier molecular flexibility index (Phi) is 4.04. The highest BCUT2D eigenvalue weighted by atomic mass is 16.3. The number of aliphatic hydroxyl groups is 1. The van der Waals surface area contributed by atoms with E-state index in [4.69, 9.17) is 5.73 Å². The maximum absolute atomic E-state index is 10.5. The first kappa shape index (κ1) is 13.5. The minimum atomic E-state index is -0.523. The van der Waals surface area contributed by atoms with Gasteiger partial charge in [-0.2, -0.15) is 5.10 Å². The summed E-state index contributed by atoms with van der Waals surface area (Å²) in [4.78, 5) is 2.16. The maximum Gasteiger partial charge on any atom is 0.0774 e. The number of hydrogen-bond acceptors (Lipinski definition) is 4. The number of nitrogens with two attached hydrogens (primary N) is 1. The molecule has 5 heteroatoms. The quantitative estimate of drug-likeness (QED) is 0.808. The van der Waals surface area contributed by atoms with Crippen molar-refractivity contribution in [1.82, 2.24) is 14.7 Å². The van der Waals surface area contributed by atoms with Gasteiger partial charge in [0.05, 0.1) is 11.8 Å². The highest BCUT2D eigenvalue weighted by molar-refractivity contribution is 5.11. The van der Waals surface area contributed by atoms with Gasteiger partial charge in [-0.25, -0.2) is 0 Å². The molecule has 0 spiro atoms. The first-order chi connectivity index (χ1) is 8.54. The molecule has 1 aliphatic carbocycles. The van der Waals surface area contributed by atoms with Crippen LogP contribution in [0.1, 0.15) is 37.3 Å². The van der Waals surface area contributed by atoms with Gasteiger partial charge in [0.25, 0.3) is 0 Å². The van der Waals surface area contributed by atoms with E-state index >= 15 is 0 Å². The molecule has 1 aliphatic rings. The lowest BCUT2D eigenvalue weighted by Crippen LogP contribution is -2.42. The molecule has 0 amide bonds. The summed E-state index contributed by atoms with van der Waals surface area (Å²) in [6.07, 6.45) is 7.91. The maximum atomic E-state index is 10.5. The van der Waals surface area contributed by atoms with Gasteiger partial charge in [0, 0.05) is 37.9 Å². The predicted octanol–water partition coefficient (Wildman–Crippen LogP) is 0.657. The van der Waals surface area contributed by atoms with Crippen molar-refractivity contribution in [2.45, 2.75) is 37.3 Å². The lowest BCUT2D eigenvalue weighted by molar-refractivity contribution is 0.00592. The number of aryl methyl sites for hydroxylation is 1. The fourth-order valence-corrected chi connectivity index (χ4v) is 2.95. The molecule has 1 saturated carbocycles. The lowest BCUT2D eigenvalue weighted by Gasteiger charge is -2.33. The monoisotopic (exact) mass is 252 g/mol. The normalized spacial score (nSPS) is 20.5. The van der Waals surface area contributed by atoms with E-state index < -0.39 is 5.60 Å². The highest BCUT2D eigenvalue weighted by Crippen LogP contribution is 2.31. The second kappa shape index (κ2) is 5.38. The van der Waals surface area contributed by atoms with Crippen molar-refractivity contribution in [2.24, 2.45) is 12.8 Å². The van der Waals surface area contributed by atoms with Crippen molar-refractivity contribution >= 4 is 0 Å². The average Bonchev–Trinajstić information content (AvgIpc) is 2.89. The average molecular weight is 252 g/mol. The van der Waals surface area contributed by atoms with E-state index in [1.54, 1.807) is 4.68 Å². The summed E-state index contributed by atoms with van der Waals surface area (Å²) in [5.74, 6) is 0. The van der Waals surface area contributed by atoms with Crippen LogP contribution < -0.4 is 5.73 Å². The van der Waals surface area contributed by atoms with E-state index in [1.165, 1.54) is 0 Å². The van der Waals surface area contributed by atoms with Crippen molar-refractivity contribution in [2.75, 3.05) is 20.1 Å². The first-order valence-electron chi connectivity index (χ1n) is 6.65. The summed E-state index contributed by atoms with van der Waals surface area (Å²) in [7, 11) is 3.93. The predicted molar refractivity (Wildman–Crippen MR) is 71.1 cm³/mol. The third kappa shape index (κ3) is 2.91. The Bertz CT molecular complexity index is 384. The van der Waals surface area contributed by atoms with E-state index in [-0.39, 0.29) is 6.04 Å². The second-order valence-corrected chi connectivity index (χ2v) is 5.55. The Morgan fingerprint density at radius 1 is 1.56 bits per heavy atom. The first-order valence-corrected chi connectivity index (χ1v) is 6.65. The van der Waals surface area contributed by atoms with Crippen molar-refractivity contribution < 1.29 is 5.11 Å². The molecule has 1 aromatic rings. The van der Waals surface area contributed by atoms with E-state index in [2.05, 4.69) is 10.00 Å². The Hall–Kier alpha value is -0.910. The minimum absolute atomic E-state index is 0.128. The van der Waals surface area contributed by atoms with Crippen LogP contribution in [0.3, 0.4) is 0 Å². The number of aromatic nitrogens is 2. The molecule has 1 atom stereocenters. The molecule has 5 nitrogen and oxygen atoms in total. The van der Waals surface area contributed by atoms with Gasteiger partial charge in [0.1, 0.15) is 0 Å². The molecule has 1 heterocycles. The molecule has 0 aliphatic heterocycles. The molecule has 1 fully saturated rings. The van der Waals surface area contributed by atoms with Gasteiger partial charge in [-0.3, -0.25) is 9.58 Å². The van der Waals surface area contributed by atoms with E-state index in [0.717, 1.165) is 31.2 Å². The van der Waals surface area contributed by atoms with Gasteiger partial charge in [-0.15, -0.1) is 0 Å². The summed E-state index contributed by atoms with van der Waals surface area (Å²) in [5, 5.41) is 14.6. The number of nitrogens with zero attached hydrogens (tertiary/aromatic N) is 3. The number of likely N-dealkylation sites (N-methyl/N-ethyl adjacent to an activating group) is 1. The van der Waals surface area contributed by atoms with Gasteiger partial charge in [0.2, 0.25) is 0 Å². The number of rotatable bonds is 5. The van der Waals surface area contributed by atoms with E-state index in [1.807, 2.05) is 26.5 Å². The zero-order valence-electron chi connectivity index (χ0n) is 11.3. The van der Waals surface area contributed by atoms with Crippen molar-refractivity contribution in [1.29, 1.82) is 0 Å². The van der Waals surface area contributed by atoms with Gasteiger partial charge < -0.3 is 10.8 Å². The van der Waals surface area contributed by atoms with Crippen LogP contribution in [0, 0.1) is 0 Å². The van der Waals surface area contributed by atoms with Crippen LogP contribution >= 0.6 is 0 Å². The molecule has 0 saturated heterocycles. The summed E-state index contributed by atoms with van der Waals surface area (Å²) in [6.45, 7) is 1.22. The van der Waals surface area contributed by atoms with Crippen LogP contribution in [-0.4, -0.2) is 45.5 Å². The summed E-state index contributed by atoms with van der Waals surface area (Å²) in [6, 6.07) is 0.128. The molecular formula is C13H24N4O. The van der Waals surface area contributed by atoms with Gasteiger partial charge in [-0.1, -0.05) is 12.8 Å². The van der Waals surface area contributed by atoms with Gasteiger partial charge in [0.15, 0.2) is 0 Å². The zero-order chi connectivity index (χ0) is 13.2. The second-order valence-electron chi connectivity index (χ2n) is 5.55.